The van der Waals surface area contributed by atoms with Crippen molar-refractivity contribution in [3.63, 3.8) is 0 Å². The van der Waals surface area contributed by atoms with Crippen LogP contribution in [-0.4, -0.2) is 4.98 Å². The van der Waals surface area contributed by atoms with Gasteiger partial charge in [0.15, 0.2) is 0 Å². The third-order valence-electron chi connectivity index (χ3n) is 2.17. The van der Waals surface area contributed by atoms with E-state index in [-0.39, 0.29) is 11.4 Å². The number of alkyl halides is 2. The number of benzene rings is 1. The van der Waals surface area contributed by atoms with Gasteiger partial charge in [-0.05, 0) is 24.3 Å². The van der Waals surface area contributed by atoms with Crippen LogP contribution in [0, 0.1) is 0 Å². The van der Waals surface area contributed by atoms with Crippen LogP contribution in [0.15, 0.2) is 24.3 Å². The Bertz CT molecular complexity index is 531. The van der Waals surface area contributed by atoms with Crippen molar-refractivity contribution in [3.8, 4) is 0 Å². The Hall–Kier alpha value is -1.46. The molecule has 0 amide bonds. The SMILES string of the molecule is NNc1cc2cc(Cl)ccc2nc1C(F)F. The summed E-state index contributed by atoms with van der Waals surface area (Å²) in [6.07, 6.45) is -2.67. The van der Waals surface area contributed by atoms with E-state index in [1.807, 2.05) is 0 Å². The molecule has 0 spiro atoms. The molecule has 1 aromatic heterocycles. The number of hydrogen-bond donors (Lipinski definition) is 2. The highest BCUT2D eigenvalue weighted by Crippen LogP contribution is 2.29. The van der Waals surface area contributed by atoms with Crippen LogP contribution < -0.4 is 11.3 Å². The minimum absolute atomic E-state index is 0.102. The van der Waals surface area contributed by atoms with E-state index in [4.69, 9.17) is 17.4 Å². The molecule has 16 heavy (non-hydrogen) atoms. The highest BCUT2D eigenvalue weighted by molar-refractivity contribution is 6.31. The number of pyridine rings is 1. The lowest BCUT2D eigenvalue weighted by molar-refractivity contribution is 0.147. The zero-order valence-electron chi connectivity index (χ0n) is 8.05. The van der Waals surface area contributed by atoms with Gasteiger partial charge in [-0.15, -0.1) is 0 Å². The van der Waals surface area contributed by atoms with Crippen molar-refractivity contribution in [1.82, 2.24) is 4.98 Å². The standard InChI is InChI=1S/C10H8ClF2N3/c11-6-1-2-7-5(3-6)4-8(16-14)9(15-7)10(12)13/h1-4,10,16H,14H2. The Morgan fingerprint density at radius 2 is 2.06 bits per heavy atom. The van der Waals surface area contributed by atoms with Gasteiger partial charge in [-0.1, -0.05) is 11.6 Å². The normalized spacial score (nSPS) is 11.1. The monoisotopic (exact) mass is 243 g/mol. The number of nitrogens with zero attached hydrogens (tertiary/aromatic N) is 1. The second kappa shape index (κ2) is 4.19. The molecule has 0 saturated carbocycles. The molecule has 6 heteroatoms. The van der Waals surface area contributed by atoms with Crippen LogP contribution in [0.2, 0.25) is 5.02 Å². The van der Waals surface area contributed by atoms with Crippen LogP contribution in [-0.2, 0) is 0 Å². The third kappa shape index (κ3) is 1.91. The average molecular weight is 244 g/mol. The zero-order chi connectivity index (χ0) is 11.7. The minimum atomic E-state index is -2.67. The molecule has 1 aromatic carbocycles. The van der Waals surface area contributed by atoms with Crippen LogP contribution in [0.1, 0.15) is 12.1 Å². The van der Waals surface area contributed by atoms with Gasteiger partial charge in [0.1, 0.15) is 5.69 Å². The smallest absolute Gasteiger partial charge is 0.282 e. The van der Waals surface area contributed by atoms with Crippen molar-refractivity contribution in [2.24, 2.45) is 5.84 Å². The highest BCUT2D eigenvalue weighted by atomic mass is 35.5. The van der Waals surface area contributed by atoms with E-state index in [1.54, 1.807) is 18.2 Å². The fourth-order valence-corrected chi connectivity index (χ4v) is 1.62. The van der Waals surface area contributed by atoms with Crippen molar-refractivity contribution in [1.29, 1.82) is 0 Å². The van der Waals surface area contributed by atoms with Crippen molar-refractivity contribution in [2.45, 2.75) is 6.43 Å². The van der Waals surface area contributed by atoms with Gasteiger partial charge in [-0.3, -0.25) is 5.84 Å². The molecule has 0 aliphatic heterocycles. The Morgan fingerprint density at radius 3 is 2.69 bits per heavy atom. The van der Waals surface area contributed by atoms with Gasteiger partial charge in [0.25, 0.3) is 6.43 Å². The summed E-state index contributed by atoms with van der Waals surface area (Å²) in [6.45, 7) is 0. The molecule has 2 aromatic rings. The van der Waals surface area contributed by atoms with E-state index in [0.29, 0.717) is 15.9 Å². The van der Waals surface area contributed by atoms with Gasteiger partial charge in [-0.2, -0.15) is 0 Å². The van der Waals surface area contributed by atoms with Crippen molar-refractivity contribution in [3.05, 3.63) is 35.0 Å². The predicted molar refractivity (Wildman–Crippen MR) is 59.5 cm³/mol. The van der Waals surface area contributed by atoms with E-state index < -0.39 is 6.43 Å². The summed E-state index contributed by atoms with van der Waals surface area (Å²) in [7, 11) is 0. The van der Waals surface area contributed by atoms with Crippen molar-refractivity contribution < 1.29 is 8.78 Å². The number of hydrazine groups is 1. The zero-order valence-corrected chi connectivity index (χ0v) is 8.80. The lowest BCUT2D eigenvalue weighted by Gasteiger charge is -2.09. The van der Waals surface area contributed by atoms with E-state index in [0.717, 1.165) is 0 Å². The first-order valence-corrected chi connectivity index (χ1v) is 4.84. The maximum absolute atomic E-state index is 12.6. The van der Waals surface area contributed by atoms with Crippen LogP contribution in [0.3, 0.4) is 0 Å². The second-order valence-electron chi connectivity index (χ2n) is 3.20. The molecule has 0 radical (unpaired) electrons. The molecule has 0 aliphatic carbocycles. The third-order valence-corrected chi connectivity index (χ3v) is 2.40. The molecule has 0 unspecified atom stereocenters. The largest absolute Gasteiger partial charge is 0.322 e. The van der Waals surface area contributed by atoms with E-state index >= 15 is 0 Å². The lowest BCUT2D eigenvalue weighted by atomic mass is 10.2. The number of rotatable bonds is 2. The molecule has 0 atom stereocenters. The molecular weight excluding hydrogens is 236 g/mol. The van der Waals surface area contributed by atoms with Gasteiger partial charge in [0.2, 0.25) is 0 Å². The number of nitrogen functional groups attached to an aromatic ring is 1. The number of anilines is 1. The van der Waals surface area contributed by atoms with E-state index in [9.17, 15) is 8.78 Å². The average Bonchev–Trinajstić information content (AvgIpc) is 2.26. The van der Waals surface area contributed by atoms with Crippen molar-refractivity contribution >= 4 is 28.2 Å². The Balaban J connectivity index is 2.70. The van der Waals surface area contributed by atoms with Gasteiger partial charge in [-0.25, -0.2) is 13.8 Å². The van der Waals surface area contributed by atoms with Gasteiger partial charge in [0, 0.05) is 10.4 Å². The predicted octanol–water partition coefficient (Wildman–Crippen LogP) is 3.11. The van der Waals surface area contributed by atoms with E-state index in [2.05, 4.69) is 10.4 Å². The Morgan fingerprint density at radius 1 is 1.31 bits per heavy atom. The number of aromatic nitrogens is 1. The number of nitrogens with two attached hydrogens (primary N) is 1. The summed E-state index contributed by atoms with van der Waals surface area (Å²) in [4.78, 5) is 3.84. The van der Waals surface area contributed by atoms with Gasteiger partial charge in [0.05, 0.1) is 11.2 Å². The second-order valence-corrected chi connectivity index (χ2v) is 3.64. The molecular formula is C10H8ClF2N3. The first kappa shape index (κ1) is 11.0. The fourth-order valence-electron chi connectivity index (χ4n) is 1.44. The summed E-state index contributed by atoms with van der Waals surface area (Å²) in [5, 5.41) is 1.17. The molecule has 3 nitrogen and oxygen atoms in total. The number of halogens is 3. The summed E-state index contributed by atoms with van der Waals surface area (Å²) in [5.74, 6) is 5.16. The summed E-state index contributed by atoms with van der Waals surface area (Å²) >= 11 is 5.79. The van der Waals surface area contributed by atoms with Crippen LogP contribution in [0.4, 0.5) is 14.5 Å². The van der Waals surface area contributed by atoms with Crippen LogP contribution >= 0.6 is 11.6 Å². The summed E-state index contributed by atoms with van der Waals surface area (Å²) in [6, 6.07) is 6.32. The van der Waals surface area contributed by atoms with Gasteiger partial charge >= 0.3 is 0 Å². The molecule has 1 heterocycles. The topological polar surface area (TPSA) is 50.9 Å². The lowest BCUT2D eigenvalue weighted by Crippen LogP contribution is -2.10. The highest BCUT2D eigenvalue weighted by Gasteiger charge is 2.15. The molecule has 2 rings (SSSR count). The molecule has 0 bridgehead atoms. The fraction of sp³-hybridized carbons (Fsp3) is 0.100. The van der Waals surface area contributed by atoms with Crippen LogP contribution in [0.25, 0.3) is 10.9 Å². The van der Waals surface area contributed by atoms with Crippen molar-refractivity contribution in [2.75, 3.05) is 5.43 Å². The van der Waals surface area contributed by atoms with Crippen LogP contribution in [0.5, 0.6) is 0 Å². The van der Waals surface area contributed by atoms with E-state index in [1.165, 1.54) is 6.07 Å². The Kier molecular flexibility index (Phi) is 2.89. The summed E-state index contributed by atoms with van der Waals surface area (Å²) in [5.41, 5.74) is 2.40. The summed E-state index contributed by atoms with van der Waals surface area (Å²) < 4.78 is 25.3. The first-order valence-electron chi connectivity index (χ1n) is 4.47. The molecule has 3 N–H and O–H groups in total. The number of fused-ring (bicyclic) bond motifs is 1. The molecule has 0 aliphatic rings. The van der Waals surface area contributed by atoms with Gasteiger partial charge < -0.3 is 5.43 Å². The number of nitrogens with one attached hydrogen (secondary N) is 1. The number of hydrogen-bond acceptors (Lipinski definition) is 3. The molecule has 0 saturated heterocycles. The minimum Gasteiger partial charge on any atom is -0.322 e. The maximum Gasteiger partial charge on any atom is 0.282 e. The molecule has 84 valence electrons. The Labute approximate surface area is 95.2 Å². The quantitative estimate of drug-likeness (QED) is 0.629. The maximum atomic E-state index is 12.6. The molecule has 0 fully saturated rings. The first-order chi connectivity index (χ1) is 7.61.